The van der Waals surface area contributed by atoms with E-state index in [1.807, 2.05) is 0 Å². The molecule has 4 nitrogen and oxygen atoms in total. The fourth-order valence-corrected chi connectivity index (χ4v) is 0.731. The highest BCUT2D eigenvalue weighted by Crippen LogP contribution is 2.06. The van der Waals surface area contributed by atoms with E-state index in [1.54, 1.807) is 0 Å². The predicted octanol–water partition coefficient (Wildman–Crippen LogP) is -0.867. The molecular weight excluding hydrogens is 148 g/mol. The van der Waals surface area contributed by atoms with E-state index in [0.29, 0.717) is 0 Å². The van der Waals surface area contributed by atoms with Gasteiger partial charge in [-0.1, -0.05) is 0 Å². The van der Waals surface area contributed by atoms with Crippen molar-refractivity contribution >= 4 is 23.6 Å². The van der Waals surface area contributed by atoms with Crippen molar-refractivity contribution < 1.29 is 19.2 Å². The number of Topliss-reactive ketones (excluding diaryl/α,β-unsaturated/α-hetero) is 2. The Bertz CT molecular complexity index is 285. The van der Waals surface area contributed by atoms with E-state index < -0.39 is 17.3 Å². The summed E-state index contributed by atoms with van der Waals surface area (Å²) in [6, 6.07) is 0. The Hall–Kier alpha value is -1.58. The molecule has 0 bridgehead atoms. The Kier molecular flexibility index (Phi) is 1.76. The molecule has 4 heteroatoms. The van der Waals surface area contributed by atoms with Gasteiger partial charge in [-0.25, -0.2) is 0 Å². The summed E-state index contributed by atoms with van der Waals surface area (Å²) in [4.78, 5) is 41.6. The molecule has 0 heterocycles. The highest BCUT2D eigenvalue weighted by atomic mass is 16.2. The topological polar surface area (TPSA) is 68.3 Å². The Balaban J connectivity index is 3.02. The maximum absolute atomic E-state index is 10.6. The van der Waals surface area contributed by atoms with Gasteiger partial charge in [0.25, 0.3) is 5.78 Å². The standard InChI is InChI=1S/C7H3O4/c8-3-4-1-5(9)7(11)6(10)2-4/h1H,2H2. The van der Waals surface area contributed by atoms with Crippen molar-refractivity contribution in [3.8, 4) is 0 Å². The van der Waals surface area contributed by atoms with Crippen molar-refractivity contribution in [3.63, 3.8) is 0 Å². The lowest BCUT2D eigenvalue weighted by Gasteiger charge is -2.01. The van der Waals surface area contributed by atoms with Gasteiger partial charge in [-0.3, -0.25) is 19.2 Å². The van der Waals surface area contributed by atoms with Gasteiger partial charge in [0.05, 0.1) is 0 Å². The molecule has 0 aliphatic heterocycles. The van der Waals surface area contributed by atoms with E-state index in [2.05, 4.69) is 0 Å². The first-order chi connectivity index (χ1) is 5.15. The second kappa shape index (κ2) is 2.57. The van der Waals surface area contributed by atoms with Crippen LogP contribution in [-0.4, -0.2) is 23.6 Å². The fraction of sp³-hybridized carbons (Fsp3) is 0.143. The lowest BCUT2D eigenvalue weighted by molar-refractivity contribution is -0.142. The largest absolute Gasteiger partial charge is 0.290 e. The van der Waals surface area contributed by atoms with Gasteiger partial charge in [0.1, 0.15) is 0 Å². The van der Waals surface area contributed by atoms with Crippen molar-refractivity contribution in [2.45, 2.75) is 6.42 Å². The summed E-state index contributed by atoms with van der Waals surface area (Å²) in [6.07, 6.45) is 1.95. The van der Waals surface area contributed by atoms with Crippen molar-refractivity contribution in [3.05, 3.63) is 11.6 Å². The van der Waals surface area contributed by atoms with Crippen LogP contribution < -0.4 is 0 Å². The van der Waals surface area contributed by atoms with Crippen molar-refractivity contribution in [1.82, 2.24) is 0 Å². The quantitative estimate of drug-likeness (QED) is 0.457. The molecule has 1 aliphatic carbocycles. The Morgan fingerprint density at radius 1 is 1.27 bits per heavy atom. The van der Waals surface area contributed by atoms with Gasteiger partial charge in [0, 0.05) is 12.0 Å². The summed E-state index contributed by atoms with van der Waals surface area (Å²) in [6.45, 7) is 0. The number of ketones is 3. The maximum Gasteiger partial charge on any atom is 0.268 e. The van der Waals surface area contributed by atoms with Crippen LogP contribution in [0.15, 0.2) is 11.6 Å². The average molecular weight is 151 g/mol. The molecule has 1 aliphatic rings. The van der Waals surface area contributed by atoms with Gasteiger partial charge in [-0.05, 0) is 6.08 Å². The second-order valence-electron chi connectivity index (χ2n) is 2.06. The molecule has 1 rings (SSSR count). The summed E-state index contributed by atoms with van der Waals surface area (Å²) < 4.78 is 0. The third kappa shape index (κ3) is 1.29. The third-order valence-electron chi connectivity index (χ3n) is 1.26. The monoisotopic (exact) mass is 151 g/mol. The molecule has 1 radical (unpaired) electrons. The lowest BCUT2D eigenvalue weighted by Crippen LogP contribution is -2.27. The number of hydrogen-bond donors (Lipinski definition) is 0. The SMILES string of the molecule is O=[C]C1=CC(=O)C(=O)C(=O)C1. The van der Waals surface area contributed by atoms with E-state index in [9.17, 15) is 19.2 Å². The zero-order valence-electron chi connectivity index (χ0n) is 5.42. The maximum atomic E-state index is 10.6. The molecule has 0 fully saturated rings. The predicted molar refractivity (Wildman–Crippen MR) is 33.4 cm³/mol. The first kappa shape index (κ1) is 7.53. The Morgan fingerprint density at radius 3 is 2.36 bits per heavy atom. The number of allylic oxidation sites excluding steroid dienone is 2. The molecular formula is C7H3O4. The van der Waals surface area contributed by atoms with E-state index in [-0.39, 0.29) is 12.0 Å². The minimum absolute atomic E-state index is 0.0559. The lowest BCUT2D eigenvalue weighted by atomic mass is 9.97. The van der Waals surface area contributed by atoms with E-state index in [4.69, 9.17) is 0 Å². The molecule has 0 spiro atoms. The molecule has 0 saturated heterocycles. The van der Waals surface area contributed by atoms with Crippen LogP contribution in [0.1, 0.15) is 6.42 Å². The average Bonchev–Trinajstić information content (AvgIpc) is 1.99. The summed E-state index contributed by atoms with van der Waals surface area (Å²) in [5, 5.41) is 0. The molecule has 0 aromatic carbocycles. The molecule has 55 valence electrons. The normalized spacial score (nSPS) is 18.2. The van der Waals surface area contributed by atoms with Gasteiger partial charge in [-0.2, -0.15) is 0 Å². The smallest absolute Gasteiger partial charge is 0.268 e. The van der Waals surface area contributed by atoms with Gasteiger partial charge < -0.3 is 0 Å². The first-order valence-corrected chi connectivity index (χ1v) is 2.85. The van der Waals surface area contributed by atoms with E-state index in [0.717, 1.165) is 6.08 Å². The van der Waals surface area contributed by atoms with Crippen LogP contribution in [0.4, 0.5) is 0 Å². The highest BCUT2D eigenvalue weighted by molar-refractivity contribution is 6.67. The number of carbonyl (C=O) groups is 3. The van der Waals surface area contributed by atoms with Gasteiger partial charge in [-0.15, -0.1) is 0 Å². The van der Waals surface area contributed by atoms with Crippen LogP contribution in [0.5, 0.6) is 0 Å². The number of rotatable bonds is 1. The molecule has 0 N–H and O–H groups in total. The molecule has 0 saturated carbocycles. The molecule has 0 aromatic heterocycles. The van der Waals surface area contributed by atoms with Crippen LogP contribution >= 0.6 is 0 Å². The summed E-state index contributed by atoms with van der Waals surface area (Å²) >= 11 is 0. The van der Waals surface area contributed by atoms with Crippen LogP contribution in [0.3, 0.4) is 0 Å². The van der Waals surface area contributed by atoms with Crippen LogP contribution in [0.2, 0.25) is 0 Å². The van der Waals surface area contributed by atoms with Crippen LogP contribution in [-0.2, 0) is 19.2 Å². The fourth-order valence-electron chi connectivity index (χ4n) is 0.731. The van der Waals surface area contributed by atoms with Crippen LogP contribution in [0.25, 0.3) is 0 Å². The minimum atomic E-state index is -1.05. The van der Waals surface area contributed by atoms with Gasteiger partial charge in [0.2, 0.25) is 17.9 Å². The first-order valence-electron chi connectivity index (χ1n) is 2.85. The van der Waals surface area contributed by atoms with E-state index in [1.165, 1.54) is 6.29 Å². The number of hydrogen-bond acceptors (Lipinski definition) is 4. The highest BCUT2D eigenvalue weighted by Gasteiger charge is 2.27. The molecule has 0 aromatic rings. The van der Waals surface area contributed by atoms with Gasteiger partial charge in [0.15, 0.2) is 0 Å². The summed E-state index contributed by atoms with van der Waals surface area (Å²) in [5.74, 6) is -2.82. The molecule has 11 heavy (non-hydrogen) atoms. The second-order valence-corrected chi connectivity index (χ2v) is 2.06. The molecule has 0 unspecified atom stereocenters. The third-order valence-corrected chi connectivity index (χ3v) is 1.26. The van der Waals surface area contributed by atoms with E-state index >= 15 is 0 Å². The van der Waals surface area contributed by atoms with Crippen molar-refractivity contribution in [1.29, 1.82) is 0 Å². The van der Waals surface area contributed by atoms with Crippen LogP contribution in [0, 0.1) is 0 Å². The van der Waals surface area contributed by atoms with Gasteiger partial charge >= 0.3 is 0 Å². The zero-order valence-corrected chi connectivity index (χ0v) is 5.42. The molecule has 0 atom stereocenters. The number of carbonyl (C=O) groups excluding carboxylic acids is 4. The molecule has 0 amide bonds. The Labute approximate surface area is 61.9 Å². The van der Waals surface area contributed by atoms with Crippen molar-refractivity contribution in [2.75, 3.05) is 0 Å². The zero-order chi connectivity index (χ0) is 8.43. The summed E-state index contributed by atoms with van der Waals surface area (Å²) in [7, 11) is 0. The summed E-state index contributed by atoms with van der Waals surface area (Å²) in [5.41, 5.74) is -0.0559. The Morgan fingerprint density at radius 2 is 1.91 bits per heavy atom. The minimum Gasteiger partial charge on any atom is -0.290 e. The van der Waals surface area contributed by atoms with Crippen molar-refractivity contribution in [2.24, 2.45) is 0 Å².